The predicted octanol–water partition coefficient (Wildman–Crippen LogP) is 4.93. The van der Waals surface area contributed by atoms with Crippen LogP contribution in [0.4, 0.5) is 0 Å². The van der Waals surface area contributed by atoms with Crippen LogP contribution in [0.25, 0.3) is 11.1 Å². The van der Waals surface area contributed by atoms with Crippen LogP contribution in [0.15, 0.2) is 42.5 Å². The number of nitrogens with one attached hydrogen (secondary N) is 1. The number of sulfone groups is 1. The van der Waals surface area contributed by atoms with Crippen LogP contribution in [0.3, 0.4) is 0 Å². The highest BCUT2D eigenvalue weighted by Gasteiger charge is 2.33. The third-order valence-electron chi connectivity index (χ3n) is 8.43. The van der Waals surface area contributed by atoms with Crippen LogP contribution in [-0.2, 0) is 25.9 Å². The zero-order chi connectivity index (χ0) is 30.3. The van der Waals surface area contributed by atoms with Crippen LogP contribution in [0.2, 0.25) is 0 Å². The van der Waals surface area contributed by atoms with Crippen LogP contribution in [0.5, 0.6) is 0 Å². The molecule has 2 N–H and O–H groups in total. The molecule has 230 valence electrons. The highest BCUT2D eigenvalue weighted by Crippen LogP contribution is 2.32. The number of aryl methyl sites for hydroxylation is 1. The van der Waals surface area contributed by atoms with Crippen molar-refractivity contribution in [2.75, 3.05) is 31.4 Å². The van der Waals surface area contributed by atoms with E-state index < -0.39 is 27.8 Å². The number of benzene rings is 2. The van der Waals surface area contributed by atoms with E-state index in [1.165, 1.54) is 19.3 Å². The molecule has 1 amide bonds. The van der Waals surface area contributed by atoms with Gasteiger partial charge in [0.2, 0.25) is 0 Å². The van der Waals surface area contributed by atoms with Gasteiger partial charge >= 0.3 is 5.97 Å². The van der Waals surface area contributed by atoms with E-state index in [0.717, 1.165) is 67.5 Å². The minimum Gasteiger partial charge on any atom is -0.480 e. The van der Waals surface area contributed by atoms with Gasteiger partial charge in [-0.05, 0) is 73.2 Å². The Morgan fingerprint density at radius 2 is 1.86 bits per heavy atom. The lowest BCUT2D eigenvalue weighted by molar-refractivity contribution is -0.139. The van der Waals surface area contributed by atoms with E-state index in [-0.39, 0.29) is 12.2 Å². The summed E-state index contributed by atoms with van der Waals surface area (Å²) in [7, 11) is -3.38. The summed E-state index contributed by atoms with van der Waals surface area (Å²) in [6.45, 7) is 4.42. The maximum Gasteiger partial charge on any atom is 0.326 e. The molecule has 2 aliphatic rings. The van der Waals surface area contributed by atoms with Gasteiger partial charge in [-0.1, -0.05) is 49.6 Å². The number of ether oxygens (including phenoxy) is 1. The molecule has 1 heterocycles. The first-order valence-corrected chi connectivity index (χ1v) is 18.2. The van der Waals surface area contributed by atoms with Crippen molar-refractivity contribution in [1.82, 2.24) is 10.2 Å². The number of rotatable bonds is 13. The van der Waals surface area contributed by atoms with Gasteiger partial charge in [0.1, 0.15) is 15.9 Å². The normalized spacial score (nSPS) is 20.8. The molecule has 1 aliphatic heterocycles. The number of hydrogen-bond donors (Lipinski definition) is 2. The van der Waals surface area contributed by atoms with Crippen molar-refractivity contribution in [1.29, 1.82) is 0 Å². The maximum absolute atomic E-state index is 13.5. The minimum atomic E-state index is -3.38. The summed E-state index contributed by atoms with van der Waals surface area (Å²) in [4.78, 5) is 27.8. The summed E-state index contributed by atoms with van der Waals surface area (Å²) in [6.07, 6.45) is 10.6. The molecule has 0 spiro atoms. The van der Waals surface area contributed by atoms with Crippen molar-refractivity contribution >= 4 is 33.5 Å². The summed E-state index contributed by atoms with van der Waals surface area (Å²) >= 11 is 1.90. The fourth-order valence-corrected chi connectivity index (χ4v) is 7.42. The van der Waals surface area contributed by atoms with E-state index in [1.54, 1.807) is 6.07 Å². The number of nitrogens with zero attached hydrogens (tertiary/aromatic N) is 1. The molecular weight excluding hydrogens is 572 g/mol. The number of aliphatic carboxylic acids is 1. The summed E-state index contributed by atoms with van der Waals surface area (Å²) in [5, 5.41) is 12.8. The molecule has 1 saturated carbocycles. The van der Waals surface area contributed by atoms with E-state index in [9.17, 15) is 23.1 Å². The van der Waals surface area contributed by atoms with Gasteiger partial charge in [-0.25, -0.2) is 13.2 Å². The minimum absolute atomic E-state index is 0.201. The molecule has 8 nitrogen and oxygen atoms in total. The molecule has 0 radical (unpaired) electrons. The lowest BCUT2D eigenvalue weighted by Gasteiger charge is -2.28. The van der Waals surface area contributed by atoms with E-state index >= 15 is 0 Å². The largest absolute Gasteiger partial charge is 0.480 e. The van der Waals surface area contributed by atoms with Gasteiger partial charge < -0.3 is 15.2 Å². The molecule has 3 atom stereocenters. The number of likely N-dealkylation sites (tertiary alicyclic amines) is 1. The monoisotopic (exact) mass is 616 g/mol. The van der Waals surface area contributed by atoms with E-state index in [4.69, 9.17) is 4.74 Å². The van der Waals surface area contributed by atoms with Crippen LogP contribution in [0, 0.1) is 6.92 Å². The van der Waals surface area contributed by atoms with Gasteiger partial charge in [0.15, 0.2) is 0 Å². The average molecular weight is 617 g/mol. The maximum atomic E-state index is 13.5. The summed E-state index contributed by atoms with van der Waals surface area (Å²) < 4.78 is 29.7. The Bertz CT molecular complexity index is 1340. The average Bonchev–Trinajstić information content (AvgIpc) is 3.35. The van der Waals surface area contributed by atoms with E-state index in [0.29, 0.717) is 23.0 Å². The second-order valence-electron chi connectivity index (χ2n) is 11.7. The van der Waals surface area contributed by atoms with Gasteiger partial charge in [0.25, 0.3) is 5.91 Å². The molecule has 1 saturated heterocycles. The third-order valence-corrected chi connectivity index (χ3v) is 10.4. The van der Waals surface area contributed by atoms with Crippen LogP contribution < -0.4 is 5.32 Å². The van der Waals surface area contributed by atoms with Gasteiger partial charge in [-0.3, -0.25) is 9.69 Å². The quantitative estimate of drug-likeness (QED) is 0.326. The number of carboxylic acid groups (broad SMARTS) is 1. The Kier molecular flexibility index (Phi) is 11.5. The van der Waals surface area contributed by atoms with Crippen molar-refractivity contribution in [3.8, 4) is 11.1 Å². The van der Waals surface area contributed by atoms with E-state index in [1.807, 2.05) is 55.1 Å². The lowest BCUT2D eigenvalue weighted by Crippen LogP contribution is -2.42. The first kappa shape index (κ1) is 32.5. The van der Waals surface area contributed by atoms with Crippen molar-refractivity contribution in [2.45, 2.75) is 81.9 Å². The fourth-order valence-electron chi connectivity index (χ4n) is 6.00. The molecule has 0 aromatic heterocycles. The zero-order valence-electron chi connectivity index (χ0n) is 24.9. The lowest BCUT2D eigenvalue weighted by atomic mass is 9.93. The molecule has 4 rings (SSSR count). The van der Waals surface area contributed by atoms with E-state index in [2.05, 4.69) is 16.5 Å². The van der Waals surface area contributed by atoms with Crippen molar-refractivity contribution in [3.63, 3.8) is 0 Å². The molecule has 0 bridgehead atoms. The first-order valence-electron chi connectivity index (χ1n) is 14.8. The molecule has 1 aliphatic carbocycles. The second kappa shape index (κ2) is 14.9. The summed E-state index contributed by atoms with van der Waals surface area (Å²) in [5.41, 5.74) is 4.05. The smallest absolute Gasteiger partial charge is 0.326 e. The Balaban J connectivity index is 1.57. The van der Waals surface area contributed by atoms with Gasteiger partial charge in [-0.15, -0.1) is 0 Å². The third kappa shape index (κ3) is 9.05. The SMILES string of the molecule is CS[C@H]1C[C@@H](COC2CCCCC2)N(Cc2ccc(C(=O)N[C@@H](CCS(C)(=O)=O)C(=O)O)c(-c3ccccc3C)c2)C1. The number of thioether (sulfide) groups is 1. The molecule has 2 aromatic carbocycles. The molecule has 10 heteroatoms. The van der Waals surface area contributed by atoms with Crippen LogP contribution >= 0.6 is 11.8 Å². The van der Waals surface area contributed by atoms with Gasteiger partial charge in [0, 0.05) is 36.2 Å². The van der Waals surface area contributed by atoms with Crippen molar-refractivity contribution < 1.29 is 27.9 Å². The number of carbonyl (C=O) groups excluding carboxylic acids is 1. The molecular formula is C32H44N2O6S2. The second-order valence-corrected chi connectivity index (χ2v) is 15.1. The fraction of sp³-hybridized carbons (Fsp3) is 0.562. The van der Waals surface area contributed by atoms with Crippen LogP contribution in [-0.4, -0.2) is 85.2 Å². The Hall–Kier alpha value is -2.40. The Labute approximate surface area is 254 Å². The highest BCUT2D eigenvalue weighted by molar-refractivity contribution is 7.99. The molecule has 2 aromatic rings. The Morgan fingerprint density at radius 3 is 2.52 bits per heavy atom. The molecule has 42 heavy (non-hydrogen) atoms. The molecule has 2 fully saturated rings. The summed E-state index contributed by atoms with van der Waals surface area (Å²) in [5.74, 6) is -2.13. The zero-order valence-corrected chi connectivity index (χ0v) is 26.5. The predicted molar refractivity (Wildman–Crippen MR) is 169 cm³/mol. The standard InChI is InChI=1S/C32H44N2O6S2/c1-22-9-7-8-12-27(22)29-17-23(13-14-28(29)31(35)33-30(32(36)37)15-16-42(3,38)39)19-34-20-26(41-2)18-24(34)21-40-25-10-5-4-6-11-25/h7-9,12-14,17,24-26,30H,4-6,10-11,15-16,18-21H2,1-3H3,(H,33,35)(H,36,37)/t24-,26-,30-/m0/s1. The molecule has 0 unspecified atom stereocenters. The van der Waals surface area contributed by atoms with Gasteiger partial charge in [0.05, 0.1) is 18.5 Å². The Morgan fingerprint density at radius 1 is 1.12 bits per heavy atom. The highest BCUT2D eigenvalue weighted by atomic mass is 32.2. The van der Waals surface area contributed by atoms with Gasteiger partial charge in [-0.2, -0.15) is 11.8 Å². The number of hydrogen-bond acceptors (Lipinski definition) is 7. The first-order chi connectivity index (χ1) is 20.0. The number of carboxylic acids is 1. The number of carbonyl (C=O) groups is 2. The topological polar surface area (TPSA) is 113 Å². The number of amides is 1. The summed E-state index contributed by atoms with van der Waals surface area (Å²) in [6, 6.07) is 12.6. The van der Waals surface area contributed by atoms with Crippen LogP contribution in [0.1, 0.15) is 66.4 Å². The van der Waals surface area contributed by atoms with Crippen molar-refractivity contribution in [3.05, 3.63) is 59.2 Å². The van der Waals surface area contributed by atoms with Crippen molar-refractivity contribution in [2.24, 2.45) is 0 Å².